The molecule has 4 heteroatoms. The molecule has 1 aromatic carbocycles. The fourth-order valence-electron chi connectivity index (χ4n) is 1.60. The minimum Gasteiger partial charge on any atom is -0.371 e. The number of benzene rings is 1. The zero-order chi connectivity index (χ0) is 9.80. The maximum Gasteiger partial charge on any atom is 0.0949 e. The molecule has 1 fully saturated rings. The summed E-state index contributed by atoms with van der Waals surface area (Å²) in [5.41, 5.74) is 1.27. The molecule has 0 saturated carbocycles. The van der Waals surface area contributed by atoms with Gasteiger partial charge >= 0.3 is 0 Å². The fraction of sp³-hybridized carbons (Fsp3) is 0.455. The van der Waals surface area contributed by atoms with Crippen LogP contribution in [0.2, 0.25) is 0 Å². The number of rotatable bonds is 2. The monoisotopic (exact) mass is 245 g/mol. The molecule has 0 aromatic heterocycles. The molecule has 1 atom stereocenters. The van der Waals surface area contributed by atoms with Crippen molar-refractivity contribution in [2.24, 2.45) is 0 Å². The summed E-state index contributed by atoms with van der Waals surface area (Å²) >= 11 is 1.77. The van der Waals surface area contributed by atoms with Gasteiger partial charge in [-0.3, -0.25) is 0 Å². The molecule has 1 N–H and O–H groups in total. The summed E-state index contributed by atoms with van der Waals surface area (Å²) in [6, 6.07) is 8.61. The Morgan fingerprint density at radius 2 is 2.07 bits per heavy atom. The Bertz CT molecular complexity index is 285. The summed E-state index contributed by atoms with van der Waals surface area (Å²) in [6.07, 6.45) is 2.33. The SMILES string of the molecule is CSc1ccc(C2CNCCO2)cc1.Cl. The second kappa shape index (κ2) is 6.38. The summed E-state index contributed by atoms with van der Waals surface area (Å²) in [6.45, 7) is 2.72. The minimum absolute atomic E-state index is 0. The highest BCUT2D eigenvalue weighted by Gasteiger charge is 2.14. The van der Waals surface area contributed by atoms with E-state index in [4.69, 9.17) is 4.74 Å². The summed E-state index contributed by atoms with van der Waals surface area (Å²) in [7, 11) is 0. The predicted octanol–water partition coefficient (Wildman–Crippen LogP) is 2.49. The summed E-state index contributed by atoms with van der Waals surface area (Å²) in [4.78, 5) is 1.30. The molecule has 1 unspecified atom stereocenters. The van der Waals surface area contributed by atoms with Crippen molar-refractivity contribution in [3.63, 3.8) is 0 Å². The fourth-order valence-corrected chi connectivity index (χ4v) is 2.01. The zero-order valence-electron chi connectivity index (χ0n) is 8.73. The third-order valence-electron chi connectivity index (χ3n) is 2.42. The van der Waals surface area contributed by atoms with E-state index in [1.54, 1.807) is 11.8 Å². The van der Waals surface area contributed by atoms with Crippen LogP contribution < -0.4 is 5.32 Å². The highest BCUT2D eigenvalue weighted by Crippen LogP contribution is 2.21. The van der Waals surface area contributed by atoms with Gasteiger partial charge in [-0.2, -0.15) is 0 Å². The maximum absolute atomic E-state index is 5.67. The first kappa shape index (κ1) is 12.8. The standard InChI is InChI=1S/C11H15NOS.ClH/c1-14-10-4-2-9(3-5-10)11-8-12-6-7-13-11;/h2-5,11-12H,6-8H2,1H3;1H. The first-order valence-corrected chi connectivity index (χ1v) is 6.09. The van der Waals surface area contributed by atoms with Gasteiger partial charge < -0.3 is 10.1 Å². The third-order valence-corrected chi connectivity index (χ3v) is 3.16. The third kappa shape index (κ3) is 3.38. The molecule has 2 nitrogen and oxygen atoms in total. The Balaban J connectivity index is 0.00000112. The first-order chi connectivity index (χ1) is 6.90. The Kier molecular flexibility index (Phi) is 5.47. The molecule has 84 valence electrons. The largest absolute Gasteiger partial charge is 0.371 e. The lowest BCUT2D eigenvalue weighted by Gasteiger charge is -2.23. The van der Waals surface area contributed by atoms with Gasteiger partial charge in [-0.05, 0) is 24.0 Å². The Morgan fingerprint density at radius 3 is 2.60 bits per heavy atom. The van der Waals surface area contributed by atoms with Gasteiger partial charge in [0.1, 0.15) is 0 Å². The van der Waals surface area contributed by atoms with Crippen molar-refractivity contribution in [2.75, 3.05) is 26.0 Å². The van der Waals surface area contributed by atoms with Crippen LogP contribution in [0.1, 0.15) is 11.7 Å². The molecule has 0 spiro atoms. The van der Waals surface area contributed by atoms with Crippen LogP contribution in [0, 0.1) is 0 Å². The van der Waals surface area contributed by atoms with Gasteiger partial charge in [0.05, 0.1) is 12.7 Å². The average Bonchev–Trinajstić information content (AvgIpc) is 2.30. The van der Waals surface area contributed by atoms with Gasteiger partial charge in [0, 0.05) is 18.0 Å². The molecule has 0 amide bonds. The van der Waals surface area contributed by atoms with Crippen molar-refractivity contribution >= 4 is 24.2 Å². The van der Waals surface area contributed by atoms with Crippen molar-refractivity contribution in [1.29, 1.82) is 0 Å². The minimum atomic E-state index is 0. The van der Waals surface area contributed by atoms with Crippen LogP contribution in [-0.2, 0) is 4.74 Å². The number of nitrogens with one attached hydrogen (secondary N) is 1. The lowest BCUT2D eigenvalue weighted by molar-refractivity contribution is 0.0277. The van der Waals surface area contributed by atoms with Gasteiger partial charge in [-0.1, -0.05) is 12.1 Å². The maximum atomic E-state index is 5.67. The number of hydrogen-bond donors (Lipinski definition) is 1. The molecule has 1 heterocycles. The van der Waals surface area contributed by atoms with Gasteiger partial charge in [0.15, 0.2) is 0 Å². The summed E-state index contributed by atoms with van der Waals surface area (Å²) in [5, 5.41) is 3.33. The highest BCUT2D eigenvalue weighted by molar-refractivity contribution is 7.98. The van der Waals surface area contributed by atoms with E-state index in [-0.39, 0.29) is 18.5 Å². The predicted molar refractivity (Wildman–Crippen MR) is 67.0 cm³/mol. The molecule has 0 radical (unpaired) electrons. The van der Waals surface area contributed by atoms with Gasteiger partial charge in [0.2, 0.25) is 0 Å². The molecule has 15 heavy (non-hydrogen) atoms. The lowest BCUT2D eigenvalue weighted by Crippen LogP contribution is -2.33. The Morgan fingerprint density at radius 1 is 1.33 bits per heavy atom. The van der Waals surface area contributed by atoms with Crippen molar-refractivity contribution in [3.8, 4) is 0 Å². The van der Waals surface area contributed by atoms with Gasteiger partial charge in [-0.15, -0.1) is 24.2 Å². The van der Waals surface area contributed by atoms with Crippen LogP contribution in [0.3, 0.4) is 0 Å². The average molecular weight is 246 g/mol. The topological polar surface area (TPSA) is 21.3 Å². The van der Waals surface area contributed by atoms with E-state index in [2.05, 4.69) is 35.8 Å². The van der Waals surface area contributed by atoms with Gasteiger partial charge in [0.25, 0.3) is 0 Å². The van der Waals surface area contributed by atoms with Gasteiger partial charge in [-0.25, -0.2) is 0 Å². The number of hydrogen-bond acceptors (Lipinski definition) is 3. The van der Waals surface area contributed by atoms with Crippen LogP contribution in [0.25, 0.3) is 0 Å². The van der Waals surface area contributed by atoms with E-state index in [1.165, 1.54) is 10.5 Å². The molecular weight excluding hydrogens is 230 g/mol. The van der Waals surface area contributed by atoms with Crippen molar-refractivity contribution in [1.82, 2.24) is 5.32 Å². The summed E-state index contributed by atoms with van der Waals surface area (Å²) in [5.74, 6) is 0. The summed E-state index contributed by atoms with van der Waals surface area (Å²) < 4.78 is 5.67. The smallest absolute Gasteiger partial charge is 0.0949 e. The molecule has 1 aliphatic heterocycles. The number of halogens is 1. The van der Waals surface area contributed by atoms with Crippen LogP contribution >= 0.6 is 24.2 Å². The van der Waals surface area contributed by atoms with Crippen molar-refractivity contribution < 1.29 is 4.74 Å². The van der Waals surface area contributed by atoms with Crippen molar-refractivity contribution in [3.05, 3.63) is 29.8 Å². The Labute approximate surface area is 101 Å². The zero-order valence-corrected chi connectivity index (χ0v) is 10.4. The van der Waals surface area contributed by atoms with Crippen molar-refractivity contribution in [2.45, 2.75) is 11.0 Å². The molecule has 1 aliphatic rings. The number of ether oxygens (including phenoxy) is 1. The normalized spacial score (nSPS) is 20.7. The van der Waals surface area contributed by atoms with Crippen LogP contribution in [0.5, 0.6) is 0 Å². The van der Waals surface area contributed by atoms with Crippen LogP contribution in [-0.4, -0.2) is 26.0 Å². The van der Waals surface area contributed by atoms with E-state index in [0.29, 0.717) is 0 Å². The first-order valence-electron chi connectivity index (χ1n) is 4.86. The van der Waals surface area contributed by atoms with E-state index in [0.717, 1.165) is 19.7 Å². The quantitative estimate of drug-likeness (QED) is 0.809. The molecule has 0 aliphatic carbocycles. The van der Waals surface area contributed by atoms with E-state index in [9.17, 15) is 0 Å². The van der Waals surface area contributed by atoms with E-state index >= 15 is 0 Å². The number of thioether (sulfide) groups is 1. The number of morpholine rings is 1. The molecule has 1 saturated heterocycles. The molecule has 2 rings (SSSR count). The van der Waals surface area contributed by atoms with Crippen LogP contribution in [0.15, 0.2) is 29.2 Å². The second-order valence-electron chi connectivity index (χ2n) is 3.34. The van der Waals surface area contributed by atoms with Crippen LogP contribution in [0.4, 0.5) is 0 Å². The highest BCUT2D eigenvalue weighted by atomic mass is 35.5. The second-order valence-corrected chi connectivity index (χ2v) is 4.22. The van der Waals surface area contributed by atoms with E-state index < -0.39 is 0 Å². The molecule has 0 bridgehead atoms. The molecular formula is C11H16ClNOS. The lowest BCUT2D eigenvalue weighted by atomic mass is 10.1. The molecule has 1 aromatic rings. The Hall–Kier alpha value is -0.220. The van der Waals surface area contributed by atoms with E-state index in [1.807, 2.05) is 0 Å².